The normalized spacial score (nSPS) is 12.4. The van der Waals surface area contributed by atoms with Crippen LogP contribution in [0.1, 0.15) is 24.1 Å². The van der Waals surface area contributed by atoms with Gasteiger partial charge in [-0.05, 0) is 43.3 Å². The largest absolute Gasteiger partial charge is 0.306 e. The quantitative estimate of drug-likeness (QED) is 0.833. The Morgan fingerprint density at radius 1 is 0.900 bits per heavy atom. The van der Waals surface area contributed by atoms with Gasteiger partial charge in [0.05, 0.1) is 0 Å². The molecule has 1 unspecified atom stereocenters. The molecule has 0 spiro atoms. The highest BCUT2D eigenvalue weighted by molar-refractivity contribution is 5.23. The summed E-state index contributed by atoms with van der Waals surface area (Å²) in [6.45, 7) is 1.63. The van der Waals surface area contributed by atoms with Crippen molar-refractivity contribution in [3.63, 3.8) is 0 Å². The van der Waals surface area contributed by atoms with Crippen LogP contribution in [0, 0.1) is 23.3 Å². The average molecular weight is 283 g/mol. The van der Waals surface area contributed by atoms with E-state index >= 15 is 0 Å². The van der Waals surface area contributed by atoms with E-state index < -0.39 is 29.3 Å². The molecule has 106 valence electrons. The molecule has 2 aromatic carbocycles. The maximum absolute atomic E-state index is 13.5. The van der Waals surface area contributed by atoms with Gasteiger partial charge >= 0.3 is 0 Å². The Kier molecular flexibility index (Phi) is 4.39. The minimum Gasteiger partial charge on any atom is -0.306 e. The molecule has 0 saturated carbocycles. The first kappa shape index (κ1) is 14.5. The van der Waals surface area contributed by atoms with Crippen LogP contribution in [-0.4, -0.2) is 0 Å². The summed E-state index contributed by atoms with van der Waals surface area (Å²) >= 11 is 0. The van der Waals surface area contributed by atoms with Gasteiger partial charge in [0.15, 0.2) is 0 Å². The van der Waals surface area contributed by atoms with Crippen LogP contribution in [-0.2, 0) is 6.54 Å². The lowest BCUT2D eigenvalue weighted by Gasteiger charge is -2.15. The van der Waals surface area contributed by atoms with E-state index in [1.54, 1.807) is 6.92 Å². The fraction of sp³-hybridized carbons (Fsp3) is 0.200. The van der Waals surface area contributed by atoms with Crippen LogP contribution in [0.25, 0.3) is 0 Å². The summed E-state index contributed by atoms with van der Waals surface area (Å²) in [5.74, 6) is -2.20. The van der Waals surface area contributed by atoms with Crippen molar-refractivity contribution in [2.75, 3.05) is 0 Å². The van der Waals surface area contributed by atoms with E-state index in [2.05, 4.69) is 5.32 Å². The van der Waals surface area contributed by atoms with Crippen LogP contribution in [0.4, 0.5) is 17.6 Å². The summed E-state index contributed by atoms with van der Waals surface area (Å²) in [4.78, 5) is 0. The smallest absolute Gasteiger partial charge is 0.128 e. The fourth-order valence-corrected chi connectivity index (χ4v) is 1.90. The summed E-state index contributed by atoms with van der Waals surface area (Å²) in [5, 5.41) is 2.84. The van der Waals surface area contributed by atoms with Crippen LogP contribution in [0.5, 0.6) is 0 Å². The van der Waals surface area contributed by atoms with Gasteiger partial charge in [0, 0.05) is 23.7 Å². The Morgan fingerprint density at radius 2 is 1.50 bits per heavy atom. The summed E-state index contributed by atoms with van der Waals surface area (Å²) in [5.41, 5.74) is 0.274. The third-order valence-corrected chi connectivity index (χ3v) is 3.03. The summed E-state index contributed by atoms with van der Waals surface area (Å²) in [6.07, 6.45) is 0. The van der Waals surface area contributed by atoms with E-state index in [1.165, 1.54) is 0 Å². The second-order valence-corrected chi connectivity index (χ2v) is 4.50. The molecule has 0 fully saturated rings. The molecule has 0 aliphatic heterocycles. The SMILES string of the molecule is CC(NCc1cc(F)ccc1F)c1cc(F)ccc1F. The molecule has 1 nitrogen and oxygen atoms in total. The first-order valence-corrected chi connectivity index (χ1v) is 6.09. The summed E-state index contributed by atoms with van der Waals surface area (Å²) < 4.78 is 53.1. The third kappa shape index (κ3) is 3.36. The van der Waals surface area contributed by atoms with Crippen molar-refractivity contribution in [2.24, 2.45) is 0 Å². The lowest BCUT2D eigenvalue weighted by Crippen LogP contribution is -2.20. The van der Waals surface area contributed by atoms with Gasteiger partial charge in [-0.25, -0.2) is 17.6 Å². The topological polar surface area (TPSA) is 12.0 Å². The highest BCUT2D eigenvalue weighted by Gasteiger charge is 2.12. The highest BCUT2D eigenvalue weighted by atomic mass is 19.1. The second-order valence-electron chi connectivity index (χ2n) is 4.50. The number of rotatable bonds is 4. The molecule has 0 aromatic heterocycles. The zero-order chi connectivity index (χ0) is 14.7. The number of hydrogen-bond donors (Lipinski definition) is 1. The van der Waals surface area contributed by atoms with Gasteiger partial charge in [-0.1, -0.05) is 0 Å². The zero-order valence-corrected chi connectivity index (χ0v) is 10.8. The molecule has 1 atom stereocenters. The molecule has 0 radical (unpaired) electrons. The lowest BCUT2D eigenvalue weighted by molar-refractivity contribution is 0.505. The molecule has 0 aliphatic rings. The minimum absolute atomic E-state index is 0.0146. The molecule has 2 rings (SSSR count). The summed E-state index contributed by atoms with van der Waals surface area (Å²) in [7, 11) is 0. The van der Waals surface area contributed by atoms with Crippen molar-refractivity contribution >= 4 is 0 Å². The van der Waals surface area contributed by atoms with Crippen LogP contribution in [0.15, 0.2) is 36.4 Å². The van der Waals surface area contributed by atoms with Crippen molar-refractivity contribution in [1.82, 2.24) is 5.32 Å². The molecule has 20 heavy (non-hydrogen) atoms. The van der Waals surface area contributed by atoms with Gasteiger partial charge in [0.25, 0.3) is 0 Å². The second kappa shape index (κ2) is 6.05. The Balaban J connectivity index is 2.10. The monoisotopic (exact) mass is 283 g/mol. The van der Waals surface area contributed by atoms with Crippen molar-refractivity contribution in [3.05, 3.63) is 70.8 Å². The van der Waals surface area contributed by atoms with Gasteiger partial charge in [-0.15, -0.1) is 0 Å². The van der Waals surface area contributed by atoms with Crippen molar-refractivity contribution in [3.8, 4) is 0 Å². The molecule has 0 bridgehead atoms. The van der Waals surface area contributed by atoms with Crippen molar-refractivity contribution in [1.29, 1.82) is 0 Å². The standard InChI is InChI=1S/C15H13F4N/c1-9(13-7-12(17)3-5-15(13)19)20-8-10-6-11(16)2-4-14(10)18/h2-7,9,20H,8H2,1H3. The number of benzene rings is 2. The van der Waals surface area contributed by atoms with E-state index in [9.17, 15) is 17.6 Å². The van der Waals surface area contributed by atoms with Crippen LogP contribution >= 0.6 is 0 Å². The van der Waals surface area contributed by atoms with Crippen LogP contribution in [0.2, 0.25) is 0 Å². The Hall–Kier alpha value is -1.88. The molecule has 0 amide bonds. The number of nitrogens with one attached hydrogen (secondary N) is 1. The maximum atomic E-state index is 13.5. The molecule has 1 N–H and O–H groups in total. The molecular weight excluding hydrogens is 270 g/mol. The van der Waals surface area contributed by atoms with E-state index in [0.717, 1.165) is 36.4 Å². The molecule has 5 heteroatoms. The molecule has 0 heterocycles. The van der Waals surface area contributed by atoms with Crippen LogP contribution < -0.4 is 5.32 Å². The van der Waals surface area contributed by atoms with Crippen molar-refractivity contribution < 1.29 is 17.6 Å². The maximum Gasteiger partial charge on any atom is 0.128 e. The molecular formula is C15H13F4N. The van der Waals surface area contributed by atoms with E-state index in [4.69, 9.17) is 0 Å². The molecule has 0 saturated heterocycles. The van der Waals surface area contributed by atoms with Gasteiger partial charge in [0.1, 0.15) is 23.3 Å². The predicted molar refractivity (Wildman–Crippen MR) is 68.0 cm³/mol. The summed E-state index contributed by atoms with van der Waals surface area (Å²) in [6, 6.07) is 5.72. The van der Waals surface area contributed by atoms with Gasteiger partial charge < -0.3 is 5.32 Å². The fourth-order valence-electron chi connectivity index (χ4n) is 1.90. The first-order chi connectivity index (χ1) is 9.47. The lowest BCUT2D eigenvalue weighted by atomic mass is 10.1. The van der Waals surface area contributed by atoms with Gasteiger partial charge in [-0.3, -0.25) is 0 Å². The predicted octanol–water partition coefficient (Wildman–Crippen LogP) is 4.09. The Morgan fingerprint density at radius 3 is 2.20 bits per heavy atom. The van der Waals surface area contributed by atoms with Crippen LogP contribution in [0.3, 0.4) is 0 Å². The van der Waals surface area contributed by atoms with E-state index in [0.29, 0.717) is 0 Å². The number of halogens is 4. The average Bonchev–Trinajstić information content (AvgIpc) is 2.42. The minimum atomic E-state index is -0.550. The van der Waals surface area contributed by atoms with Gasteiger partial charge in [-0.2, -0.15) is 0 Å². The Labute approximate surface area is 114 Å². The highest BCUT2D eigenvalue weighted by Crippen LogP contribution is 2.19. The first-order valence-electron chi connectivity index (χ1n) is 6.09. The third-order valence-electron chi connectivity index (χ3n) is 3.03. The molecule has 0 aliphatic carbocycles. The Bertz CT molecular complexity index is 613. The molecule has 2 aromatic rings. The zero-order valence-electron chi connectivity index (χ0n) is 10.8. The van der Waals surface area contributed by atoms with Gasteiger partial charge in [0.2, 0.25) is 0 Å². The van der Waals surface area contributed by atoms with E-state index in [-0.39, 0.29) is 17.7 Å². The van der Waals surface area contributed by atoms with E-state index in [1.807, 2.05) is 0 Å². The number of hydrogen-bond acceptors (Lipinski definition) is 1. The van der Waals surface area contributed by atoms with Crippen molar-refractivity contribution in [2.45, 2.75) is 19.5 Å².